The average Bonchev–Trinajstić information content (AvgIpc) is 3.09. The summed E-state index contributed by atoms with van der Waals surface area (Å²) in [6, 6.07) is 9.97. The summed E-state index contributed by atoms with van der Waals surface area (Å²) >= 11 is 2.04. The molecule has 2 aliphatic carbocycles. The molecule has 1 aromatic rings. The van der Waals surface area contributed by atoms with Crippen molar-refractivity contribution in [2.24, 2.45) is 5.92 Å². The van der Waals surface area contributed by atoms with Crippen LogP contribution in [0.5, 0.6) is 0 Å². The fraction of sp³-hybridized carbons (Fsp3) is 0.625. The highest BCUT2D eigenvalue weighted by Gasteiger charge is 2.19. The van der Waals surface area contributed by atoms with Gasteiger partial charge in [0, 0.05) is 23.2 Å². The predicted molar refractivity (Wildman–Crippen MR) is 79.0 cm³/mol. The van der Waals surface area contributed by atoms with Gasteiger partial charge in [-0.2, -0.15) is 0 Å². The Labute approximate surface area is 115 Å². The highest BCUT2D eigenvalue weighted by Crippen LogP contribution is 2.31. The van der Waals surface area contributed by atoms with E-state index in [0.717, 1.165) is 18.5 Å². The van der Waals surface area contributed by atoms with Crippen LogP contribution in [0.3, 0.4) is 0 Å². The van der Waals surface area contributed by atoms with Crippen LogP contribution in [-0.4, -0.2) is 11.8 Å². The zero-order chi connectivity index (χ0) is 12.2. The highest BCUT2D eigenvalue weighted by molar-refractivity contribution is 7.99. The lowest BCUT2D eigenvalue weighted by atomic mass is 10.1. The Kier molecular flexibility index (Phi) is 4.27. The third-order valence-electron chi connectivity index (χ3n) is 4.06. The summed E-state index contributed by atoms with van der Waals surface area (Å²) in [7, 11) is 0. The van der Waals surface area contributed by atoms with Crippen LogP contribution in [0.1, 0.15) is 44.1 Å². The number of rotatable bonds is 6. The normalized spacial score (nSPS) is 20.4. The molecule has 2 saturated carbocycles. The van der Waals surface area contributed by atoms with Gasteiger partial charge in [0.05, 0.1) is 0 Å². The van der Waals surface area contributed by atoms with E-state index >= 15 is 0 Å². The Balaban J connectivity index is 1.44. The molecule has 0 amide bonds. The molecular formula is C16H23NS. The molecule has 2 heteroatoms. The van der Waals surface area contributed by atoms with E-state index < -0.39 is 0 Å². The molecule has 1 N–H and O–H groups in total. The number of thioether (sulfide) groups is 1. The Hall–Kier alpha value is -0.470. The molecule has 1 nitrogen and oxygen atoms in total. The molecular weight excluding hydrogens is 238 g/mol. The molecule has 0 atom stereocenters. The summed E-state index contributed by atoms with van der Waals surface area (Å²) in [6.45, 7) is 1.04. The Bertz CT molecular complexity index is 363. The van der Waals surface area contributed by atoms with Gasteiger partial charge in [0.2, 0.25) is 0 Å². The van der Waals surface area contributed by atoms with Gasteiger partial charge in [0.25, 0.3) is 0 Å². The van der Waals surface area contributed by atoms with E-state index in [-0.39, 0.29) is 0 Å². The first-order chi connectivity index (χ1) is 8.90. The SMILES string of the molecule is c1cc(SCC2CCCC2)ccc1CNC1CC1. The lowest BCUT2D eigenvalue weighted by molar-refractivity contribution is 0.623. The summed E-state index contributed by atoms with van der Waals surface area (Å²) in [4.78, 5) is 1.44. The van der Waals surface area contributed by atoms with Crippen LogP contribution in [0.2, 0.25) is 0 Å². The van der Waals surface area contributed by atoms with Crippen molar-refractivity contribution in [3.63, 3.8) is 0 Å². The molecule has 98 valence electrons. The van der Waals surface area contributed by atoms with Gasteiger partial charge in [-0.15, -0.1) is 11.8 Å². The molecule has 18 heavy (non-hydrogen) atoms. The molecule has 0 spiro atoms. The van der Waals surface area contributed by atoms with Gasteiger partial charge in [-0.3, -0.25) is 0 Å². The quantitative estimate of drug-likeness (QED) is 0.769. The Morgan fingerprint density at radius 1 is 1.00 bits per heavy atom. The van der Waals surface area contributed by atoms with E-state index in [0.29, 0.717) is 0 Å². The van der Waals surface area contributed by atoms with Gasteiger partial charge in [0.1, 0.15) is 0 Å². The van der Waals surface area contributed by atoms with E-state index in [1.165, 1.54) is 54.7 Å². The fourth-order valence-corrected chi connectivity index (χ4v) is 3.73. The van der Waals surface area contributed by atoms with Gasteiger partial charge in [-0.05, 0) is 49.3 Å². The highest BCUT2D eigenvalue weighted by atomic mass is 32.2. The van der Waals surface area contributed by atoms with Crippen molar-refractivity contribution in [1.82, 2.24) is 5.32 Å². The van der Waals surface area contributed by atoms with Crippen LogP contribution in [0, 0.1) is 5.92 Å². The van der Waals surface area contributed by atoms with E-state index in [1.807, 2.05) is 11.8 Å². The first kappa shape index (κ1) is 12.6. The number of hydrogen-bond donors (Lipinski definition) is 1. The topological polar surface area (TPSA) is 12.0 Å². The lowest BCUT2D eigenvalue weighted by Crippen LogP contribution is -2.14. The molecule has 0 aromatic heterocycles. The maximum Gasteiger partial charge on any atom is 0.0208 e. The van der Waals surface area contributed by atoms with Crippen LogP contribution in [0.4, 0.5) is 0 Å². The maximum absolute atomic E-state index is 3.56. The summed E-state index contributed by atoms with van der Waals surface area (Å²) < 4.78 is 0. The third-order valence-corrected chi connectivity index (χ3v) is 5.30. The number of hydrogen-bond acceptors (Lipinski definition) is 2. The van der Waals surface area contributed by atoms with E-state index in [1.54, 1.807) is 0 Å². The molecule has 0 aliphatic heterocycles. The first-order valence-electron chi connectivity index (χ1n) is 7.35. The summed E-state index contributed by atoms with van der Waals surface area (Å²) in [5, 5.41) is 3.56. The van der Waals surface area contributed by atoms with Crippen molar-refractivity contribution in [3.8, 4) is 0 Å². The Morgan fingerprint density at radius 2 is 1.72 bits per heavy atom. The minimum atomic E-state index is 0.807. The average molecular weight is 261 g/mol. The van der Waals surface area contributed by atoms with Gasteiger partial charge in [-0.1, -0.05) is 25.0 Å². The van der Waals surface area contributed by atoms with Gasteiger partial charge >= 0.3 is 0 Å². The smallest absolute Gasteiger partial charge is 0.0208 e. The van der Waals surface area contributed by atoms with E-state index in [4.69, 9.17) is 0 Å². The maximum atomic E-state index is 3.56. The molecule has 3 rings (SSSR count). The van der Waals surface area contributed by atoms with Gasteiger partial charge in [-0.25, -0.2) is 0 Å². The van der Waals surface area contributed by atoms with Crippen LogP contribution in [0.15, 0.2) is 29.2 Å². The molecule has 2 fully saturated rings. The zero-order valence-corrected chi connectivity index (χ0v) is 11.8. The van der Waals surface area contributed by atoms with Crippen molar-refractivity contribution in [3.05, 3.63) is 29.8 Å². The standard InChI is InChI=1S/C16H23NS/c1-2-4-14(3-1)12-18-16-9-5-13(6-10-16)11-17-15-7-8-15/h5-6,9-10,14-15,17H,1-4,7-8,11-12H2. The molecule has 2 aliphatic rings. The molecule has 1 aromatic carbocycles. The monoisotopic (exact) mass is 261 g/mol. The molecule has 0 heterocycles. The van der Waals surface area contributed by atoms with Crippen LogP contribution >= 0.6 is 11.8 Å². The van der Waals surface area contributed by atoms with Crippen LogP contribution in [0.25, 0.3) is 0 Å². The molecule has 0 unspecified atom stereocenters. The van der Waals surface area contributed by atoms with Gasteiger partial charge in [0.15, 0.2) is 0 Å². The number of nitrogens with one attached hydrogen (secondary N) is 1. The van der Waals surface area contributed by atoms with E-state index in [9.17, 15) is 0 Å². The van der Waals surface area contributed by atoms with Crippen molar-refractivity contribution < 1.29 is 0 Å². The lowest BCUT2D eigenvalue weighted by Gasteiger charge is -2.09. The second-order valence-corrected chi connectivity index (χ2v) is 6.85. The number of benzene rings is 1. The minimum Gasteiger partial charge on any atom is -0.310 e. The molecule has 0 radical (unpaired) electrons. The van der Waals surface area contributed by atoms with E-state index in [2.05, 4.69) is 29.6 Å². The third kappa shape index (κ3) is 3.76. The van der Waals surface area contributed by atoms with Crippen molar-refractivity contribution in [2.45, 2.75) is 56.0 Å². The summed E-state index contributed by atoms with van der Waals surface area (Å²) in [5.74, 6) is 2.30. The second kappa shape index (κ2) is 6.12. The van der Waals surface area contributed by atoms with Crippen molar-refractivity contribution in [1.29, 1.82) is 0 Å². The minimum absolute atomic E-state index is 0.807. The largest absolute Gasteiger partial charge is 0.310 e. The molecule has 0 bridgehead atoms. The summed E-state index contributed by atoms with van der Waals surface area (Å²) in [6.07, 6.45) is 8.56. The van der Waals surface area contributed by atoms with Crippen molar-refractivity contribution >= 4 is 11.8 Å². The predicted octanol–water partition coefficient (Wildman–Crippen LogP) is 4.22. The molecule has 0 saturated heterocycles. The van der Waals surface area contributed by atoms with Crippen LogP contribution < -0.4 is 5.32 Å². The summed E-state index contributed by atoms with van der Waals surface area (Å²) in [5.41, 5.74) is 1.42. The van der Waals surface area contributed by atoms with Crippen LogP contribution in [-0.2, 0) is 6.54 Å². The second-order valence-electron chi connectivity index (χ2n) is 5.76. The first-order valence-corrected chi connectivity index (χ1v) is 8.34. The van der Waals surface area contributed by atoms with Crippen molar-refractivity contribution in [2.75, 3.05) is 5.75 Å². The fourth-order valence-electron chi connectivity index (χ4n) is 2.64. The zero-order valence-electron chi connectivity index (χ0n) is 11.0. The van der Waals surface area contributed by atoms with Gasteiger partial charge < -0.3 is 5.32 Å². The Morgan fingerprint density at radius 3 is 2.39 bits per heavy atom.